The number of carbonyl (C=O) groups is 1. The number of hydrogen-bond donors (Lipinski definition) is 2. The van der Waals surface area contributed by atoms with Gasteiger partial charge in [0.2, 0.25) is 0 Å². The lowest BCUT2D eigenvalue weighted by Crippen LogP contribution is -2.48. The molecule has 0 radical (unpaired) electrons. The number of nitro benzene ring substituents is 1. The van der Waals surface area contributed by atoms with Crippen molar-refractivity contribution in [1.82, 2.24) is 15.1 Å². The second-order valence-corrected chi connectivity index (χ2v) is 7.56. The van der Waals surface area contributed by atoms with Crippen LogP contribution in [0.25, 0.3) is 0 Å². The first kappa shape index (κ1) is 19.6. The molecule has 0 saturated carbocycles. The zero-order chi connectivity index (χ0) is 19.4. The number of piperidine rings is 2. The minimum Gasteiger partial charge on any atom is -0.377 e. The van der Waals surface area contributed by atoms with E-state index in [9.17, 15) is 14.9 Å². The third-order valence-corrected chi connectivity index (χ3v) is 5.78. The van der Waals surface area contributed by atoms with Gasteiger partial charge in [-0.2, -0.15) is 0 Å². The van der Waals surface area contributed by atoms with E-state index in [1.165, 1.54) is 26.0 Å². The fourth-order valence-corrected chi connectivity index (χ4v) is 4.08. The Morgan fingerprint density at radius 2 is 1.81 bits per heavy atom. The molecule has 0 aliphatic carbocycles. The molecule has 2 aliphatic rings. The summed E-state index contributed by atoms with van der Waals surface area (Å²) in [5, 5.41) is 17.3. The van der Waals surface area contributed by atoms with Crippen molar-refractivity contribution in [3.63, 3.8) is 0 Å². The summed E-state index contributed by atoms with van der Waals surface area (Å²) in [6.45, 7) is 4.37. The van der Waals surface area contributed by atoms with E-state index in [0.717, 1.165) is 39.0 Å². The van der Waals surface area contributed by atoms with Crippen molar-refractivity contribution in [3.05, 3.63) is 33.9 Å². The first-order valence-corrected chi connectivity index (χ1v) is 9.67. The molecule has 1 aromatic rings. The summed E-state index contributed by atoms with van der Waals surface area (Å²) in [4.78, 5) is 27.7. The van der Waals surface area contributed by atoms with E-state index < -0.39 is 4.92 Å². The number of nitrogens with zero attached hydrogens (tertiary/aromatic N) is 3. The number of benzene rings is 1. The van der Waals surface area contributed by atoms with Gasteiger partial charge in [-0.1, -0.05) is 0 Å². The van der Waals surface area contributed by atoms with Crippen molar-refractivity contribution < 1.29 is 9.72 Å². The number of amides is 1. The van der Waals surface area contributed by atoms with Crippen LogP contribution in [-0.4, -0.2) is 73.0 Å². The summed E-state index contributed by atoms with van der Waals surface area (Å²) < 4.78 is 0. The molecule has 2 saturated heterocycles. The van der Waals surface area contributed by atoms with Gasteiger partial charge in [0, 0.05) is 43.9 Å². The first-order chi connectivity index (χ1) is 13.0. The minimum atomic E-state index is -0.428. The Kier molecular flexibility index (Phi) is 6.28. The van der Waals surface area contributed by atoms with E-state index >= 15 is 0 Å². The molecule has 1 amide bonds. The fourth-order valence-electron chi connectivity index (χ4n) is 4.08. The summed E-state index contributed by atoms with van der Waals surface area (Å²) in [6, 6.07) is 5.50. The third-order valence-electron chi connectivity index (χ3n) is 5.78. The van der Waals surface area contributed by atoms with E-state index in [0.29, 0.717) is 17.3 Å². The number of carbonyl (C=O) groups excluding carboxylic acids is 1. The van der Waals surface area contributed by atoms with Gasteiger partial charge < -0.3 is 20.4 Å². The van der Waals surface area contributed by atoms with Crippen molar-refractivity contribution >= 4 is 17.3 Å². The zero-order valence-corrected chi connectivity index (χ0v) is 16.1. The van der Waals surface area contributed by atoms with Gasteiger partial charge >= 0.3 is 0 Å². The predicted octanol–water partition coefficient (Wildman–Crippen LogP) is 1.92. The lowest BCUT2D eigenvalue weighted by Gasteiger charge is -2.41. The van der Waals surface area contributed by atoms with Crippen molar-refractivity contribution in [1.29, 1.82) is 0 Å². The molecular formula is C19H29N5O3. The van der Waals surface area contributed by atoms with Crippen LogP contribution >= 0.6 is 0 Å². The number of nitrogens with one attached hydrogen (secondary N) is 2. The van der Waals surface area contributed by atoms with Crippen molar-refractivity contribution in [3.8, 4) is 0 Å². The van der Waals surface area contributed by atoms with Crippen LogP contribution in [0.5, 0.6) is 0 Å². The topological polar surface area (TPSA) is 90.8 Å². The first-order valence-electron chi connectivity index (χ1n) is 9.67. The summed E-state index contributed by atoms with van der Waals surface area (Å²) in [7, 11) is 3.69. The van der Waals surface area contributed by atoms with Gasteiger partial charge in [0.1, 0.15) is 5.69 Å². The number of anilines is 1. The van der Waals surface area contributed by atoms with Crippen LogP contribution in [0, 0.1) is 10.1 Å². The van der Waals surface area contributed by atoms with Crippen LogP contribution in [0.4, 0.5) is 11.4 Å². The second-order valence-electron chi connectivity index (χ2n) is 7.56. The molecule has 0 atom stereocenters. The van der Waals surface area contributed by atoms with Crippen molar-refractivity contribution in [2.45, 2.75) is 37.8 Å². The molecule has 2 heterocycles. The summed E-state index contributed by atoms with van der Waals surface area (Å²) in [5.74, 6) is -0.323. The average molecular weight is 375 g/mol. The van der Waals surface area contributed by atoms with Gasteiger partial charge in [-0.25, -0.2) is 0 Å². The van der Waals surface area contributed by atoms with E-state index in [4.69, 9.17) is 0 Å². The molecule has 2 N–H and O–H groups in total. The van der Waals surface area contributed by atoms with Gasteiger partial charge in [0.05, 0.1) is 4.92 Å². The average Bonchev–Trinajstić information content (AvgIpc) is 2.69. The summed E-state index contributed by atoms with van der Waals surface area (Å²) >= 11 is 0. The summed E-state index contributed by atoms with van der Waals surface area (Å²) in [6.07, 6.45) is 4.39. The summed E-state index contributed by atoms with van der Waals surface area (Å²) in [5.41, 5.74) is 0.742. The van der Waals surface area contributed by atoms with Gasteiger partial charge in [0.25, 0.3) is 11.6 Å². The molecule has 8 heteroatoms. The molecule has 1 aromatic carbocycles. The second kappa shape index (κ2) is 8.67. The van der Waals surface area contributed by atoms with Gasteiger partial charge in [-0.3, -0.25) is 14.9 Å². The predicted molar refractivity (Wildman–Crippen MR) is 105 cm³/mol. The quantitative estimate of drug-likeness (QED) is 0.604. The highest BCUT2D eigenvalue weighted by Crippen LogP contribution is 2.29. The van der Waals surface area contributed by atoms with E-state index in [-0.39, 0.29) is 17.6 Å². The van der Waals surface area contributed by atoms with Crippen LogP contribution in [-0.2, 0) is 0 Å². The number of hydrogen-bond acceptors (Lipinski definition) is 6. The Morgan fingerprint density at radius 3 is 2.41 bits per heavy atom. The molecule has 148 valence electrons. The van der Waals surface area contributed by atoms with Gasteiger partial charge in [0.15, 0.2) is 0 Å². The van der Waals surface area contributed by atoms with Crippen LogP contribution < -0.4 is 10.6 Å². The molecule has 0 bridgehead atoms. The van der Waals surface area contributed by atoms with Crippen LogP contribution in [0.15, 0.2) is 18.2 Å². The van der Waals surface area contributed by atoms with Crippen LogP contribution in [0.2, 0.25) is 0 Å². The lowest BCUT2D eigenvalue weighted by molar-refractivity contribution is -0.384. The Morgan fingerprint density at radius 1 is 1.15 bits per heavy atom. The van der Waals surface area contributed by atoms with Crippen LogP contribution in [0.3, 0.4) is 0 Å². The minimum absolute atomic E-state index is 0.0474. The van der Waals surface area contributed by atoms with Gasteiger partial charge in [-0.05, 0) is 58.0 Å². The molecule has 0 spiro atoms. The maximum atomic E-state index is 11.7. The fraction of sp³-hybridized carbons (Fsp3) is 0.632. The molecule has 0 aromatic heterocycles. The largest absolute Gasteiger partial charge is 0.377 e. The smallest absolute Gasteiger partial charge is 0.293 e. The maximum Gasteiger partial charge on any atom is 0.293 e. The Hall–Kier alpha value is -2.19. The van der Waals surface area contributed by atoms with Crippen LogP contribution in [0.1, 0.15) is 36.0 Å². The van der Waals surface area contributed by atoms with Crippen molar-refractivity contribution in [2.24, 2.45) is 0 Å². The Balaban J connectivity index is 1.60. The lowest BCUT2D eigenvalue weighted by atomic mass is 9.97. The van der Waals surface area contributed by atoms with Gasteiger partial charge in [-0.15, -0.1) is 0 Å². The maximum absolute atomic E-state index is 11.7. The standard InChI is InChI=1S/C19H29N5O3/c1-20-19(25)14-3-4-17(18(13-14)24(26)27)21-15-5-11-23(12-6-15)16-7-9-22(2)10-8-16/h3-4,13,15-16,21H,5-12H2,1-2H3,(H,20,25). The number of nitro groups is 1. The monoisotopic (exact) mass is 375 g/mol. The molecule has 0 unspecified atom stereocenters. The molecule has 2 aliphatic heterocycles. The van der Waals surface area contributed by atoms with E-state index in [2.05, 4.69) is 27.5 Å². The molecule has 27 heavy (non-hydrogen) atoms. The normalized spacial score (nSPS) is 20.4. The Labute approximate surface area is 160 Å². The molecule has 2 fully saturated rings. The Bertz CT molecular complexity index is 680. The third kappa shape index (κ3) is 4.75. The molecule has 3 rings (SSSR count). The molecular weight excluding hydrogens is 346 g/mol. The molecule has 8 nitrogen and oxygen atoms in total. The highest BCUT2D eigenvalue weighted by atomic mass is 16.6. The van der Waals surface area contributed by atoms with E-state index in [1.807, 2.05) is 0 Å². The SMILES string of the molecule is CNC(=O)c1ccc(NC2CCN(C3CCN(C)CC3)CC2)c([N+](=O)[O-])c1. The number of likely N-dealkylation sites (tertiary alicyclic amines) is 2. The highest BCUT2D eigenvalue weighted by Gasteiger charge is 2.28. The highest BCUT2D eigenvalue weighted by molar-refractivity contribution is 5.95. The zero-order valence-electron chi connectivity index (χ0n) is 16.1. The van der Waals surface area contributed by atoms with Crippen molar-refractivity contribution in [2.75, 3.05) is 45.6 Å². The number of rotatable bonds is 5. The van der Waals surface area contributed by atoms with E-state index in [1.54, 1.807) is 12.1 Å².